The molecule has 108 valence electrons. The summed E-state index contributed by atoms with van der Waals surface area (Å²) in [6.07, 6.45) is 6.14. The molecule has 0 radical (unpaired) electrons. The van der Waals surface area contributed by atoms with Gasteiger partial charge in [0.1, 0.15) is 0 Å². The Balaban J connectivity index is 1.47. The van der Waals surface area contributed by atoms with Crippen LogP contribution >= 0.6 is 0 Å². The highest BCUT2D eigenvalue weighted by Crippen LogP contribution is 2.39. The van der Waals surface area contributed by atoms with Crippen LogP contribution in [0.4, 0.5) is 0 Å². The predicted octanol–water partition coefficient (Wildman–Crippen LogP) is 1.50. The van der Waals surface area contributed by atoms with Gasteiger partial charge in [-0.3, -0.25) is 9.69 Å². The van der Waals surface area contributed by atoms with Gasteiger partial charge < -0.3 is 9.64 Å². The number of carbonyl (C=O) groups is 1. The van der Waals surface area contributed by atoms with Crippen molar-refractivity contribution in [3.63, 3.8) is 0 Å². The molecule has 19 heavy (non-hydrogen) atoms. The fraction of sp³-hybridized carbons (Fsp3) is 0.933. The highest BCUT2D eigenvalue weighted by atomic mass is 16.5. The van der Waals surface area contributed by atoms with Crippen molar-refractivity contribution < 1.29 is 9.53 Å². The van der Waals surface area contributed by atoms with Gasteiger partial charge in [-0.1, -0.05) is 0 Å². The number of ether oxygens (including phenoxy) is 1. The largest absolute Gasteiger partial charge is 0.378 e. The van der Waals surface area contributed by atoms with Gasteiger partial charge in [0.25, 0.3) is 0 Å². The van der Waals surface area contributed by atoms with Gasteiger partial charge in [0.2, 0.25) is 5.91 Å². The van der Waals surface area contributed by atoms with Crippen LogP contribution in [-0.4, -0.2) is 60.6 Å². The molecule has 4 nitrogen and oxygen atoms in total. The van der Waals surface area contributed by atoms with Crippen molar-refractivity contribution in [2.75, 3.05) is 32.8 Å². The van der Waals surface area contributed by atoms with Gasteiger partial charge in [0.15, 0.2) is 0 Å². The van der Waals surface area contributed by atoms with Crippen molar-refractivity contribution >= 4 is 5.91 Å². The van der Waals surface area contributed by atoms with Crippen molar-refractivity contribution in [2.45, 2.75) is 51.1 Å². The van der Waals surface area contributed by atoms with E-state index in [0.29, 0.717) is 31.6 Å². The van der Waals surface area contributed by atoms with Crippen molar-refractivity contribution in [3.05, 3.63) is 0 Å². The second-order valence-corrected chi connectivity index (χ2v) is 6.29. The van der Waals surface area contributed by atoms with Gasteiger partial charge in [-0.05, 0) is 38.5 Å². The molecule has 0 N–H and O–H groups in total. The van der Waals surface area contributed by atoms with Gasteiger partial charge >= 0.3 is 0 Å². The van der Waals surface area contributed by atoms with E-state index in [2.05, 4.69) is 11.8 Å². The summed E-state index contributed by atoms with van der Waals surface area (Å²) in [5.41, 5.74) is 0. The number of carbonyl (C=O) groups excluding carboxylic acids is 1. The van der Waals surface area contributed by atoms with E-state index >= 15 is 0 Å². The maximum absolute atomic E-state index is 12.2. The molecule has 1 saturated heterocycles. The molecular formula is C15H26N2O2. The lowest BCUT2D eigenvalue weighted by Crippen LogP contribution is -2.43. The third-order valence-electron chi connectivity index (χ3n) is 4.79. The van der Waals surface area contributed by atoms with Gasteiger partial charge in [0, 0.05) is 38.1 Å². The highest BCUT2D eigenvalue weighted by Gasteiger charge is 2.39. The zero-order chi connectivity index (χ0) is 13.2. The van der Waals surface area contributed by atoms with Crippen molar-refractivity contribution in [1.29, 1.82) is 0 Å². The second-order valence-electron chi connectivity index (χ2n) is 6.29. The van der Waals surface area contributed by atoms with E-state index < -0.39 is 0 Å². The normalized spacial score (nSPS) is 25.7. The average molecular weight is 266 g/mol. The minimum absolute atomic E-state index is 0.317. The molecule has 2 saturated carbocycles. The molecule has 3 rings (SSSR count). The van der Waals surface area contributed by atoms with Crippen LogP contribution in [0.5, 0.6) is 0 Å². The maximum Gasteiger partial charge on any atom is 0.224 e. The van der Waals surface area contributed by atoms with Crippen LogP contribution in [0.2, 0.25) is 0 Å². The molecule has 0 spiro atoms. The van der Waals surface area contributed by atoms with Gasteiger partial charge in [0.05, 0.1) is 13.2 Å². The lowest BCUT2D eigenvalue weighted by molar-refractivity contribution is -0.135. The first-order chi connectivity index (χ1) is 9.25. The summed E-state index contributed by atoms with van der Waals surface area (Å²) >= 11 is 0. The SMILES string of the molecule is CC(C1CC1)N(CCC(=O)N1CCOCC1)C1CC1. The molecular weight excluding hydrogens is 240 g/mol. The Kier molecular flexibility index (Phi) is 4.08. The molecule has 0 aromatic carbocycles. The van der Waals surface area contributed by atoms with E-state index in [0.717, 1.165) is 31.6 Å². The molecule has 1 atom stereocenters. The summed E-state index contributed by atoms with van der Waals surface area (Å²) in [5, 5.41) is 0. The average Bonchev–Trinajstić information content (AvgIpc) is 3.30. The fourth-order valence-electron chi connectivity index (χ4n) is 3.17. The third-order valence-corrected chi connectivity index (χ3v) is 4.79. The monoisotopic (exact) mass is 266 g/mol. The van der Waals surface area contributed by atoms with E-state index in [4.69, 9.17) is 4.74 Å². The minimum Gasteiger partial charge on any atom is -0.378 e. The van der Waals surface area contributed by atoms with Crippen molar-refractivity contribution in [3.8, 4) is 0 Å². The Morgan fingerprint density at radius 1 is 1.26 bits per heavy atom. The summed E-state index contributed by atoms with van der Waals surface area (Å²) in [6, 6.07) is 1.46. The lowest BCUT2D eigenvalue weighted by Gasteiger charge is -2.31. The van der Waals surface area contributed by atoms with Crippen LogP contribution in [0.15, 0.2) is 0 Å². The van der Waals surface area contributed by atoms with Crippen LogP contribution in [-0.2, 0) is 9.53 Å². The molecule has 3 fully saturated rings. The van der Waals surface area contributed by atoms with E-state index in [1.165, 1.54) is 25.7 Å². The van der Waals surface area contributed by atoms with Gasteiger partial charge in [-0.25, -0.2) is 0 Å². The van der Waals surface area contributed by atoms with Crippen molar-refractivity contribution in [2.24, 2.45) is 5.92 Å². The quantitative estimate of drug-likeness (QED) is 0.730. The summed E-state index contributed by atoms with van der Waals surface area (Å²) in [7, 11) is 0. The summed E-state index contributed by atoms with van der Waals surface area (Å²) in [4.78, 5) is 16.8. The first kappa shape index (κ1) is 13.4. The Hall–Kier alpha value is -0.610. The number of morpholine rings is 1. The topological polar surface area (TPSA) is 32.8 Å². The van der Waals surface area contributed by atoms with E-state index in [1.54, 1.807) is 0 Å². The van der Waals surface area contributed by atoms with Crippen molar-refractivity contribution in [1.82, 2.24) is 9.80 Å². The van der Waals surface area contributed by atoms with Crippen LogP contribution < -0.4 is 0 Å². The molecule has 1 unspecified atom stereocenters. The molecule has 1 aliphatic heterocycles. The molecule has 0 aromatic heterocycles. The molecule has 4 heteroatoms. The Morgan fingerprint density at radius 2 is 1.95 bits per heavy atom. The standard InChI is InChI=1S/C15H26N2O2/c1-12(13-2-3-13)17(14-4-5-14)7-6-15(18)16-8-10-19-11-9-16/h12-14H,2-11H2,1H3. The van der Waals surface area contributed by atoms with Crippen LogP contribution in [0, 0.1) is 5.92 Å². The summed E-state index contributed by atoms with van der Waals surface area (Å²) < 4.78 is 5.30. The maximum atomic E-state index is 12.2. The first-order valence-electron chi connectivity index (χ1n) is 7.87. The summed E-state index contributed by atoms with van der Waals surface area (Å²) in [5.74, 6) is 1.22. The molecule has 1 amide bonds. The van der Waals surface area contributed by atoms with Crippen LogP contribution in [0.25, 0.3) is 0 Å². The third kappa shape index (κ3) is 3.48. The Labute approximate surface area is 116 Å². The number of amides is 1. The molecule has 0 aromatic rings. The molecule has 3 aliphatic rings. The van der Waals surface area contributed by atoms with E-state index in [1.807, 2.05) is 4.90 Å². The highest BCUT2D eigenvalue weighted by molar-refractivity contribution is 5.76. The van der Waals surface area contributed by atoms with Gasteiger partial charge in [-0.15, -0.1) is 0 Å². The van der Waals surface area contributed by atoms with Crippen LogP contribution in [0.1, 0.15) is 39.0 Å². The number of nitrogens with zero attached hydrogens (tertiary/aromatic N) is 2. The Bertz CT molecular complexity index is 320. The lowest BCUT2D eigenvalue weighted by atomic mass is 10.1. The molecule has 1 heterocycles. The fourth-order valence-corrected chi connectivity index (χ4v) is 3.17. The van der Waals surface area contributed by atoms with E-state index in [-0.39, 0.29) is 0 Å². The first-order valence-corrected chi connectivity index (χ1v) is 7.87. The number of hydrogen-bond donors (Lipinski definition) is 0. The second kappa shape index (κ2) is 5.80. The summed E-state index contributed by atoms with van der Waals surface area (Å²) in [6.45, 7) is 6.28. The zero-order valence-corrected chi connectivity index (χ0v) is 12.0. The smallest absolute Gasteiger partial charge is 0.224 e. The molecule has 0 bridgehead atoms. The van der Waals surface area contributed by atoms with E-state index in [9.17, 15) is 4.79 Å². The predicted molar refractivity (Wildman–Crippen MR) is 73.9 cm³/mol. The van der Waals surface area contributed by atoms with Gasteiger partial charge in [-0.2, -0.15) is 0 Å². The molecule has 2 aliphatic carbocycles. The Morgan fingerprint density at radius 3 is 2.53 bits per heavy atom. The van der Waals surface area contributed by atoms with Crippen LogP contribution in [0.3, 0.4) is 0 Å². The number of rotatable bonds is 6. The zero-order valence-electron chi connectivity index (χ0n) is 12.0. The minimum atomic E-state index is 0.317. The number of hydrogen-bond acceptors (Lipinski definition) is 3.